The van der Waals surface area contributed by atoms with Crippen molar-refractivity contribution >= 4 is 0 Å². The van der Waals surface area contributed by atoms with Crippen molar-refractivity contribution in [2.24, 2.45) is 0 Å². The normalized spacial score (nSPS) is 14.3. The minimum Gasteiger partial charge on any atom is -0.376 e. The summed E-state index contributed by atoms with van der Waals surface area (Å²) in [6.07, 6.45) is -3.12. The van der Waals surface area contributed by atoms with E-state index in [1.165, 1.54) is 12.1 Å². The van der Waals surface area contributed by atoms with Gasteiger partial charge in [-0.15, -0.1) is 0 Å². The molecule has 0 bridgehead atoms. The van der Waals surface area contributed by atoms with Crippen molar-refractivity contribution in [1.82, 2.24) is 5.32 Å². The Hall–Kier alpha value is -1.07. The van der Waals surface area contributed by atoms with Gasteiger partial charge in [-0.3, -0.25) is 0 Å². The fraction of sp³-hybridized carbons (Fsp3) is 0.600. The molecule has 1 unspecified atom stereocenters. The lowest BCUT2D eigenvalue weighted by Gasteiger charge is -2.39. The molecule has 2 nitrogen and oxygen atoms in total. The number of nitrogens with one attached hydrogen (secondary N) is 1. The first-order valence-electron chi connectivity index (χ1n) is 6.74. The number of rotatable bonds is 6. The SMILES string of the molecule is CCC(CC)(OC)C(NC)c1ccccc1C(F)(F)F. The lowest BCUT2D eigenvalue weighted by Crippen LogP contribution is -2.44. The molecule has 0 aliphatic rings. The Bertz CT molecular complexity index is 419. The molecular weight excluding hydrogens is 267 g/mol. The molecule has 20 heavy (non-hydrogen) atoms. The summed E-state index contributed by atoms with van der Waals surface area (Å²) >= 11 is 0. The van der Waals surface area contributed by atoms with Crippen LogP contribution in [-0.4, -0.2) is 19.8 Å². The molecule has 0 aliphatic carbocycles. The second-order valence-corrected chi connectivity index (χ2v) is 4.78. The Morgan fingerprint density at radius 1 is 1.15 bits per heavy atom. The Balaban J connectivity index is 3.40. The van der Waals surface area contributed by atoms with Gasteiger partial charge in [0.15, 0.2) is 0 Å². The molecule has 0 aromatic heterocycles. The van der Waals surface area contributed by atoms with E-state index in [1.54, 1.807) is 20.2 Å². The van der Waals surface area contributed by atoms with Crippen LogP contribution >= 0.6 is 0 Å². The van der Waals surface area contributed by atoms with Crippen molar-refractivity contribution in [2.45, 2.75) is 44.5 Å². The summed E-state index contributed by atoms with van der Waals surface area (Å²) in [7, 11) is 3.21. The fourth-order valence-electron chi connectivity index (χ4n) is 2.77. The maximum Gasteiger partial charge on any atom is 0.416 e. The second-order valence-electron chi connectivity index (χ2n) is 4.78. The van der Waals surface area contributed by atoms with E-state index in [2.05, 4.69) is 5.32 Å². The van der Waals surface area contributed by atoms with Gasteiger partial charge in [0.05, 0.1) is 17.2 Å². The summed E-state index contributed by atoms with van der Waals surface area (Å²) in [5.74, 6) is 0. The third kappa shape index (κ3) is 3.15. The van der Waals surface area contributed by atoms with E-state index < -0.39 is 23.4 Å². The third-order valence-electron chi connectivity index (χ3n) is 4.00. The Kier molecular flexibility index (Phi) is 5.59. The van der Waals surface area contributed by atoms with Crippen LogP contribution in [-0.2, 0) is 10.9 Å². The number of alkyl halides is 3. The lowest BCUT2D eigenvalue weighted by atomic mass is 9.82. The van der Waals surface area contributed by atoms with E-state index in [0.717, 1.165) is 6.07 Å². The monoisotopic (exact) mass is 289 g/mol. The van der Waals surface area contributed by atoms with Crippen molar-refractivity contribution in [3.63, 3.8) is 0 Å². The van der Waals surface area contributed by atoms with Gasteiger partial charge in [0, 0.05) is 7.11 Å². The molecule has 1 atom stereocenters. The van der Waals surface area contributed by atoms with E-state index in [0.29, 0.717) is 12.8 Å². The van der Waals surface area contributed by atoms with E-state index in [9.17, 15) is 13.2 Å². The number of benzene rings is 1. The molecule has 1 rings (SSSR count). The highest BCUT2D eigenvalue weighted by Gasteiger charge is 2.41. The van der Waals surface area contributed by atoms with Gasteiger partial charge < -0.3 is 10.1 Å². The molecule has 1 aromatic rings. The standard InChI is InChI=1S/C15H22F3NO/c1-5-14(6-2,20-4)13(19-3)11-9-7-8-10-12(11)15(16,17)18/h7-10,13,19H,5-6H2,1-4H3. The topological polar surface area (TPSA) is 21.3 Å². The van der Waals surface area contributed by atoms with Gasteiger partial charge in [-0.1, -0.05) is 32.0 Å². The molecule has 5 heteroatoms. The molecule has 0 fully saturated rings. The molecule has 0 saturated heterocycles. The minimum atomic E-state index is -4.37. The third-order valence-corrected chi connectivity index (χ3v) is 4.00. The molecule has 114 valence electrons. The number of likely N-dealkylation sites (N-methyl/N-ethyl adjacent to an activating group) is 1. The second kappa shape index (κ2) is 6.59. The van der Waals surface area contributed by atoms with E-state index in [1.807, 2.05) is 13.8 Å². The maximum atomic E-state index is 13.2. The quantitative estimate of drug-likeness (QED) is 0.848. The van der Waals surface area contributed by atoms with Crippen LogP contribution in [0.15, 0.2) is 24.3 Å². The molecule has 0 amide bonds. The van der Waals surface area contributed by atoms with Crippen molar-refractivity contribution in [3.05, 3.63) is 35.4 Å². The Morgan fingerprint density at radius 2 is 1.70 bits per heavy atom. The summed E-state index contributed by atoms with van der Waals surface area (Å²) < 4.78 is 45.1. The van der Waals surface area contributed by atoms with Crippen molar-refractivity contribution in [3.8, 4) is 0 Å². The zero-order chi connectivity index (χ0) is 15.4. The lowest BCUT2D eigenvalue weighted by molar-refractivity contribution is -0.139. The molecule has 0 aliphatic heterocycles. The van der Waals surface area contributed by atoms with E-state index >= 15 is 0 Å². The first-order valence-corrected chi connectivity index (χ1v) is 6.74. The number of methoxy groups -OCH3 is 1. The summed E-state index contributed by atoms with van der Waals surface area (Å²) in [4.78, 5) is 0. The van der Waals surface area contributed by atoms with E-state index in [-0.39, 0.29) is 5.56 Å². The van der Waals surface area contributed by atoms with Gasteiger partial charge in [-0.25, -0.2) is 0 Å². The van der Waals surface area contributed by atoms with Crippen LogP contribution in [0, 0.1) is 0 Å². The van der Waals surface area contributed by atoms with Gasteiger partial charge in [-0.2, -0.15) is 13.2 Å². The predicted molar refractivity (Wildman–Crippen MR) is 73.6 cm³/mol. The smallest absolute Gasteiger partial charge is 0.376 e. The van der Waals surface area contributed by atoms with Crippen LogP contribution in [0.5, 0.6) is 0 Å². The van der Waals surface area contributed by atoms with Crippen molar-refractivity contribution < 1.29 is 17.9 Å². The highest BCUT2D eigenvalue weighted by molar-refractivity contribution is 5.34. The highest BCUT2D eigenvalue weighted by Crippen LogP contribution is 2.41. The summed E-state index contributed by atoms with van der Waals surface area (Å²) in [5.41, 5.74) is -1.04. The molecule has 1 N–H and O–H groups in total. The van der Waals surface area contributed by atoms with Crippen LogP contribution in [0.1, 0.15) is 43.9 Å². The average molecular weight is 289 g/mol. The molecular formula is C15H22F3NO. The first kappa shape index (κ1) is 17.0. The number of hydrogen-bond acceptors (Lipinski definition) is 2. The molecule has 1 aromatic carbocycles. The van der Waals surface area contributed by atoms with Gasteiger partial charge >= 0.3 is 6.18 Å². The minimum absolute atomic E-state index is 0.230. The molecule has 0 saturated carbocycles. The van der Waals surface area contributed by atoms with Crippen LogP contribution in [0.4, 0.5) is 13.2 Å². The van der Waals surface area contributed by atoms with Crippen LogP contribution < -0.4 is 5.32 Å². The molecule has 0 heterocycles. The zero-order valence-corrected chi connectivity index (χ0v) is 12.3. The Morgan fingerprint density at radius 3 is 2.10 bits per heavy atom. The molecule has 0 radical (unpaired) electrons. The highest BCUT2D eigenvalue weighted by atomic mass is 19.4. The average Bonchev–Trinajstić information content (AvgIpc) is 2.44. The fourth-order valence-corrected chi connectivity index (χ4v) is 2.77. The summed E-state index contributed by atoms with van der Waals surface area (Å²) in [6, 6.07) is 5.15. The Labute approximate surface area is 118 Å². The largest absolute Gasteiger partial charge is 0.416 e. The zero-order valence-electron chi connectivity index (χ0n) is 12.3. The van der Waals surface area contributed by atoms with Crippen molar-refractivity contribution in [2.75, 3.05) is 14.2 Å². The van der Waals surface area contributed by atoms with Crippen LogP contribution in [0.3, 0.4) is 0 Å². The van der Waals surface area contributed by atoms with Gasteiger partial charge in [0.2, 0.25) is 0 Å². The van der Waals surface area contributed by atoms with E-state index in [4.69, 9.17) is 4.74 Å². The number of halogens is 3. The van der Waals surface area contributed by atoms with Gasteiger partial charge in [0.1, 0.15) is 0 Å². The van der Waals surface area contributed by atoms with Crippen LogP contribution in [0.25, 0.3) is 0 Å². The predicted octanol–water partition coefficient (Wildman–Crippen LogP) is 4.17. The first-order chi connectivity index (χ1) is 9.36. The van der Waals surface area contributed by atoms with Gasteiger partial charge in [-0.05, 0) is 31.5 Å². The number of ether oxygens (including phenoxy) is 1. The van der Waals surface area contributed by atoms with Gasteiger partial charge in [0.25, 0.3) is 0 Å². The summed E-state index contributed by atoms with van der Waals surface area (Å²) in [6.45, 7) is 3.85. The molecule has 0 spiro atoms. The summed E-state index contributed by atoms with van der Waals surface area (Å²) in [5, 5.41) is 3.00. The number of hydrogen-bond donors (Lipinski definition) is 1. The maximum absolute atomic E-state index is 13.2. The van der Waals surface area contributed by atoms with Crippen molar-refractivity contribution in [1.29, 1.82) is 0 Å². The van der Waals surface area contributed by atoms with Crippen LogP contribution in [0.2, 0.25) is 0 Å².